The predicted molar refractivity (Wildman–Crippen MR) is 124 cm³/mol. The average molecular weight is 517 g/mol. The number of nitrogens with one attached hydrogen (secondary N) is 2. The zero-order valence-electron chi connectivity index (χ0n) is 19.9. The first-order valence-electron chi connectivity index (χ1n) is 10.1. The van der Waals surface area contributed by atoms with Gasteiger partial charge in [0.1, 0.15) is 23.0 Å². The molecule has 12 heteroatoms. The lowest BCUT2D eigenvalue weighted by Gasteiger charge is -2.08. The van der Waals surface area contributed by atoms with Crippen molar-refractivity contribution < 1.29 is 53.1 Å². The van der Waals surface area contributed by atoms with E-state index in [9.17, 15) is 19.2 Å². The van der Waals surface area contributed by atoms with Crippen LogP contribution in [0.3, 0.4) is 0 Å². The molecular weight excluding hydrogens is 483 g/mol. The molecule has 0 spiro atoms. The highest BCUT2D eigenvalue weighted by atomic mass is 35.5. The van der Waals surface area contributed by atoms with Crippen molar-refractivity contribution in [2.45, 2.75) is 39.8 Å². The monoisotopic (exact) mass is 516 g/mol. The summed E-state index contributed by atoms with van der Waals surface area (Å²) in [6.45, 7) is 9.09. The Bertz CT molecular complexity index is 810. The molecule has 2 aliphatic heterocycles. The van der Waals surface area contributed by atoms with E-state index in [1.54, 1.807) is 45.9 Å². The van der Waals surface area contributed by atoms with E-state index < -0.39 is 0 Å². The Kier molecular flexibility index (Phi) is 21.8. The molecule has 34 heavy (non-hydrogen) atoms. The van der Waals surface area contributed by atoms with E-state index in [0.717, 1.165) is 0 Å². The molecule has 0 aromatic heterocycles. The van der Waals surface area contributed by atoms with Crippen LogP contribution in [-0.4, -0.2) is 83.5 Å². The number of hydrogen-bond donors (Lipinski definition) is 4. The van der Waals surface area contributed by atoms with Crippen LogP contribution in [0.25, 0.3) is 0 Å². The summed E-state index contributed by atoms with van der Waals surface area (Å²) in [5, 5.41) is 5.58. The minimum atomic E-state index is -0.0400. The molecule has 2 rings (SSSR count). The highest BCUT2D eigenvalue weighted by Crippen LogP contribution is 1.98. The minimum absolute atomic E-state index is 0. The van der Waals surface area contributed by atoms with Crippen LogP contribution in [0.15, 0.2) is 35.5 Å². The second kappa shape index (κ2) is 20.7. The minimum Gasteiger partial charge on any atom is -1.00 e. The summed E-state index contributed by atoms with van der Waals surface area (Å²) in [6.07, 6.45) is 10.5. The van der Waals surface area contributed by atoms with Gasteiger partial charge in [-0.1, -0.05) is 0 Å². The highest BCUT2D eigenvalue weighted by molar-refractivity contribution is 5.80. The largest absolute Gasteiger partial charge is 1.00 e. The maximum absolute atomic E-state index is 11.4. The zero-order valence-corrected chi connectivity index (χ0v) is 21.4. The SMILES string of the molecule is CC(C)NC(=O)C[N+]1=CC=CC(=C=O)C1.CC(C)NC(=O)C[N+]1=CC=CC(=C=O)C1.NN.[Cl-].[Cl-]. The van der Waals surface area contributed by atoms with E-state index in [2.05, 4.69) is 22.3 Å². The molecule has 6 N–H and O–H groups in total. The topological polar surface area (TPSA) is 150 Å². The van der Waals surface area contributed by atoms with Crippen molar-refractivity contribution in [2.75, 3.05) is 26.2 Å². The van der Waals surface area contributed by atoms with Crippen LogP contribution in [0.2, 0.25) is 0 Å². The first kappa shape index (κ1) is 35.7. The van der Waals surface area contributed by atoms with Crippen molar-refractivity contribution >= 4 is 36.1 Å². The molecule has 0 fully saturated rings. The van der Waals surface area contributed by atoms with Crippen LogP contribution in [0, 0.1) is 0 Å². The Balaban J connectivity index is -0.000000499. The lowest BCUT2D eigenvalue weighted by Crippen LogP contribution is -3.00. The van der Waals surface area contributed by atoms with Gasteiger partial charge in [-0.15, -0.1) is 0 Å². The standard InChI is InChI=1S/2C11H14N2O2.2ClH.H4N2/c2*1-9(2)12-11(15)7-13-5-3-4-10(6-13)8-14;;;1-2/h2*3-5,9H,6-7H2,1-2H3;2*1H;1-2H2. The number of nitrogens with two attached hydrogens (primary N) is 2. The predicted octanol–water partition coefficient (Wildman–Crippen LogP) is -7.33. The van der Waals surface area contributed by atoms with Crippen LogP contribution in [-0.2, 0) is 19.2 Å². The number of nitrogens with zero attached hydrogens (tertiary/aromatic N) is 2. The second-order valence-electron chi connectivity index (χ2n) is 7.53. The maximum atomic E-state index is 11.4. The van der Waals surface area contributed by atoms with Gasteiger partial charge in [0.25, 0.3) is 11.8 Å². The van der Waals surface area contributed by atoms with Gasteiger partial charge < -0.3 is 35.4 Å². The summed E-state index contributed by atoms with van der Waals surface area (Å²) in [4.78, 5) is 43.7. The maximum Gasteiger partial charge on any atom is 0.285 e. The van der Waals surface area contributed by atoms with Gasteiger partial charge in [-0.2, -0.15) is 0 Å². The first-order chi connectivity index (χ1) is 15.2. The fourth-order valence-electron chi connectivity index (χ4n) is 2.66. The van der Waals surface area contributed by atoms with Crippen molar-refractivity contribution in [1.82, 2.24) is 10.6 Å². The quantitative estimate of drug-likeness (QED) is 0.119. The van der Waals surface area contributed by atoms with Gasteiger partial charge in [-0.05, 0) is 39.8 Å². The molecule has 0 unspecified atom stereocenters. The summed E-state index contributed by atoms with van der Waals surface area (Å²) < 4.78 is 3.55. The van der Waals surface area contributed by atoms with Gasteiger partial charge >= 0.3 is 0 Å². The molecule has 0 saturated carbocycles. The smallest absolute Gasteiger partial charge is 0.285 e. The molecule has 0 atom stereocenters. The first-order valence-corrected chi connectivity index (χ1v) is 10.1. The van der Waals surface area contributed by atoms with Gasteiger partial charge in [0.05, 0.1) is 0 Å². The molecule has 0 bridgehead atoms. The van der Waals surface area contributed by atoms with Gasteiger partial charge in [-0.25, -0.2) is 18.7 Å². The molecule has 10 nitrogen and oxygen atoms in total. The summed E-state index contributed by atoms with van der Waals surface area (Å²) in [5.41, 5.74) is 1.13. The van der Waals surface area contributed by atoms with Gasteiger partial charge in [0.2, 0.25) is 13.1 Å². The van der Waals surface area contributed by atoms with Gasteiger partial charge in [-0.3, -0.25) is 21.3 Å². The molecule has 2 amide bonds. The lowest BCUT2D eigenvalue weighted by molar-refractivity contribution is -0.503. The number of hydrazine groups is 1. The van der Waals surface area contributed by atoms with E-state index in [-0.39, 0.29) is 61.8 Å². The number of amides is 2. The fourth-order valence-corrected chi connectivity index (χ4v) is 2.66. The molecule has 2 heterocycles. The van der Waals surface area contributed by atoms with Crippen LogP contribution in [0.1, 0.15) is 27.7 Å². The highest BCUT2D eigenvalue weighted by Gasteiger charge is 2.16. The molecule has 0 saturated heterocycles. The van der Waals surface area contributed by atoms with Crippen LogP contribution in [0.5, 0.6) is 0 Å². The van der Waals surface area contributed by atoms with E-state index in [1.807, 2.05) is 39.6 Å². The Labute approximate surface area is 213 Å². The number of carbonyl (C=O) groups is 2. The fraction of sp³-hybridized carbons (Fsp3) is 0.455. The third-order valence-electron chi connectivity index (χ3n) is 3.79. The number of hydrogen-bond acceptors (Lipinski definition) is 6. The second-order valence-corrected chi connectivity index (χ2v) is 7.53. The molecular formula is C22H34Cl2N6O4. The van der Waals surface area contributed by atoms with Crippen molar-refractivity contribution in [3.8, 4) is 0 Å². The Morgan fingerprint density at radius 3 is 1.41 bits per heavy atom. The average Bonchev–Trinajstić information content (AvgIpc) is 2.74. The molecule has 2 aliphatic rings. The Morgan fingerprint density at radius 1 is 0.824 bits per heavy atom. The van der Waals surface area contributed by atoms with Gasteiger partial charge in [0.15, 0.2) is 25.5 Å². The third-order valence-corrected chi connectivity index (χ3v) is 3.79. The van der Waals surface area contributed by atoms with E-state index in [0.29, 0.717) is 24.2 Å². The number of halogens is 2. The Hall–Kier alpha value is -2.84. The number of allylic oxidation sites excluding steroid dienone is 2. The number of carbonyl (C=O) groups excluding carboxylic acids is 4. The lowest BCUT2D eigenvalue weighted by atomic mass is 10.2. The summed E-state index contributed by atoms with van der Waals surface area (Å²) >= 11 is 0. The molecule has 0 aromatic carbocycles. The Morgan fingerprint density at radius 2 is 1.15 bits per heavy atom. The van der Waals surface area contributed by atoms with Crippen LogP contribution < -0.4 is 47.1 Å². The molecule has 0 aromatic rings. The molecule has 0 aliphatic carbocycles. The summed E-state index contributed by atoms with van der Waals surface area (Å²) in [7, 11) is 0. The van der Waals surface area contributed by atoms with E-state index in [1.165, 1.54) is 0 Å². The molecule has 0 radical (unpaired) electrons. The van der Waals surface area contributed by atoms with Crippen molar-refractivity contribution in [3.05, 3.63) is 35.5 Å². The van der Waals surface area contributed by atoms with Crippen LogP contribution >= 0.6 is 0 Å². The van der Waals surface area contributed by atoms with Crippen molar-refractivity contribution in [2.24, 2.45) is 11.7 Å². The van der Waals surface area contributed by atoms with Gasteiger partial charge in [0, 0.05) is 24.2 Å². The normalized spacial score (nSPS) is 13.3. The summed E-state index contributed by atoms with van der Waals surface area (Å²) in [5.74, 6) is 11.6. The third kappa shape index (κ3) is 16.7. The zero-order chi connectivity index (χ0) is 24.5. The summed E-state index contributed by atoms with van der Waals surface area (Å²) in [6, 6.07) is 0.276. The van der Waals surface area contributed by atoms with E-state index >= 15 is 0 Å². The molecule has 190 valence electrons. The van der Waals surface area contributed by atoms with E-state index in [4.69, 9.17) is 0 Å². The van der Waals surface area contributed by atoms with Crippen molar-refractivity contribution in [1.29, 1.82) is 0 Å². The van der Waals surface area contributed by atoms with Crippen LogP contribution in [0.4, 0.5) is 0 Å². The van der Waals surface area contributed by atoms with Crippen molar-refractivity contribution in [3.63, 3.8) is 0 Å². The number of rotatable bonds is 6.